The minimum atomic E-state index is -0.321. The highest BCUT2D eigenvalue weighted by molar-refractivity contribution is 5.80. The molecule has 2 unspecified atom stereocenters. The number of ether oxygens (including phenoxy) is 2. The monoisotopic (exact) mass is 350 g/mol. The van der Waals surface area contributed by atoms with E-state index >= 15 is 0 Å². The molecule has 1 heterocycles. The van der Waals surface area contributed by atoms with E-state index in [-0.39, 0.29) is 5.79 Å². The Kier molecular flexibility index (Phi) is 5.95. The highest BCUT2D eigenvalue weighted by atomic mass is 16.7. The van der Waals surface area contributed by atoms with Crippen LogP contribution in [0.25, 0.3) is 17.2 Å². The van der Waals surface area contributed by atoms with Gasteiger partial charge in [0.25, 0.3) is 0 Å². The lowest BCUT2D eigenvalue weighted by molar-refractivity contribution is -0.256. The Bertz CT molecular complexity index is 778. The summed E-state index contributed by atoms with van der Waals surface area (Å²) in [6.07, 6.45) is 7.76. The second-order valence-electron chi connectivity index (χ2n) is 7.32. The molecule has 1 aliphatic heterocycles. The summed E-state index contributed by atoms with van der Waals surface area (Å²) in [5.41, 5.74) is 7.10. The van der Waals surface area contributed by atoms with Crippen molar-refractivity contribution in [1.82, 2.24) is 0 Å². The molecule has 2 aromatic rings. The van der Waals surface area contributed by atoms with Gasteiger partial charge in [-0.1, -0.05) is 61.5 Å². The fraction of sp³-hybridized carbons (Fsp3) is 0.417. The van der Waals surface area contributed by atoms with Gasteiger partial charge in [0.05, 0.1) is 6.61 Å². The highest BCUT2D eigenvalue weighted by Crippen LogP contribution is 2.38. The average molecular weight is 351 g/mol. The zero-order valence-electron chi connectivity index (χ0n) is 16.4. The van der Waals surface area contributed by atoms with Gasteiger partial charge >= 0.3 is 0 Å². The lowest BCUT2D eigenvalue weighted by Crippen LogP contribution is -2.41. The topological polar surface area (TPSA) is 18.5 Å². The van der Waals surface area contributed by atoms with E-state index in [1.807, 2.05) is 6.92 Å². The van der Waals surface area contributed by atoms with Crippen LogP contribution in [-0.2, 0) is 15.9 Å². The first-order chi connectivity index (χ1) is 12.6. The zero-order valence-corrected chi connectivity index (χ0v) is 16.4. The highest BCUT2D eigenvalue weighted by Gasteiger charge is 2.34. The second-order valence-corrected chi connectivity index (χ2v) is 7.32. The molecule has 2 aromatic carbocycles. The molecule has 2 nitrogen and oxygen atoms in total. The lowest BCUT2D eigenvalue weighted by atomic mass is 9.94. The predicted octanol–water partition coefficient (Wildman–Crippen LogP) is 6.09. The SMILES string of the molecule is CC=Cc1cccc2c1Cc1ccccc1-2.COC1(C)OCCCC1C. The van der Waals surface area contributed by atoms with Crippen molar-refractivity contribution in [2.45, 2.75) is 45.8 Å². The molecule has 1 fully saturated rings. The van der Waals surface area contributed by atoms with Gasteiger partial charge in [0.1, 0.15) is 0 Å². The summed E-state index contributed by atoms with van der Waals surface area (Å²) >= 11 is 0. The molecule has 26 heavy (non-hydrogen) atoms. The number of rotatable bonds is 2. The standard InChI is InChI=1S/C16H14.C8H16O2/c1-2-6-12-8-5-10-15-14-9-4-3-7-13(14)11-16(12)15;1-7-5-4-6-10-8(7,2)9-3/h2-10H,11H2,1H3;7H,4-6H2,1-3H3. The van der Waals surface area contributed by atoms with Crippen LogP contribution in [-0.4, -0.2) is 19.5 Å². The van der Waals surface area contributed by atoms with Crippen LogP contribution in [0, 0.1) is 5.92 Å². The van der Waals surface area contributed by atoms with Crippen LogP contribution in [0.2, 0.25) is 0 Å². The van der Waals surface area contributed by atoms with E-state index in [2.05, 4.69) is 68.5 Å². The molecule has 0 aromatic heterocycles. The summed E-state index contributed by atoms with van der Waals surface area (Å²) in [6, 6.07) is 15.3. The maximum atomic E-state index is 5.50. The number of hydrogen-bond acceptors (Lipinski definition) is 2. The minimum Gasteiger partial charge on any atom is -0.353 e. The summed E-state index contributed by atoms with van der Waals surface area (Å²) < 4.78 is 10.8. The molecule has 2 atom stereocenters. The average Bonchev–Trinajstić information content (AvgIpc) is 3.05. The van der Waals surface area contributed by atoms with Crippen molar-refractivity contribution in [3.05, 3.63) is 65.2 Å². The maximum absolute atomic E-state index is 5.50. The third-order valence-corrected chi connectivity index (χ3v) is 5.70. The van der Waals surface area contributed by atoms with Crippen LogP contribution in [0.4, 0.5) is 0 Å². The smallest absolute Gasteiger partial charge is 0.167 e. The molecule has 1 aliphatic carbocycles. The number of fused-ring (bicyclic) bond motifs is 3. The van der Waals surface area contributed by atoms with E-state index in [1.54, 1.807) is 7.11 Å². The Morgan fingerprint density at radius 2 is 1.88 bits per heavy atom. The van der Waals surface area contributed by atoms with Crippen LogP contribution in [0.15, 0.2) is 48.5 Å². The minimum absolute atomic E-state index is 0.321. The van der Waals surface area contributed by atoms with Gasteiger partial charge < -0.3 is 9.47 Å². The van der Waals surface area contributed by atoms with Crippen molar-refractivity contribution in [3.8, 4) is 11.1 Å². The molecule has 1 saturated heterocycles. The van der Waals surface area contributed by atoms with Crippen molar-refractivity contribution in [2.75, 3.05) is 13.7 Å². The quantitative estimate of drug-likeness (QED) is 0.557. The number of hydrogen-bond donors (Lipinski definition) is 0. The van der Waals surface area contributed by atoms with E-state index in [0.717, 1.165) is 13.0 Å². The Hall–Kier alpha value is -1.90. The fourth-order valence-electron chi connectivity index (χ4n) is 3.85. The third kappa shape index (κ3) is 3.77. The summed E-state index contributed by atoms with van der Waals surface area (Å²) in [7, 11) is 1.71. The van der Waals surface area contributed by atoms with E-state index < -0.39 is 0 Å². The molecule has 0 spiro atoms. The second kappa shape index (κ2) is 8.20. The number of benzene rings is 2. The summed E-state index contributed by atoms with van der Waals surface area (Å²) in [4.78, 5) is 0. The van der Waals surface area contributed by atoms with Gasteiger partial charge in [-0.15, -0.1) is 0 Å². The molecule has 0 radical (unpaired) electrons. The Morgan fingerprint density at radius 3 is 2.58 bits per heavy atom. The van der Waals surface area contributed by atoms with Crippen molar-refractivity contribution < 1.29 is 9.47 Å². The van der Waals surface area contributed by atoms with E-state index in [9.17, 15) is 0 Å². The van der Waals surface area contributed by atoms with Crippen molar-refractivity contribution >= 4 is 6.08 Å². The lowest BCUT2D eigenvalue weighted by Gasteiger charge is -2.37. The van der Waals surface area contributed by atoms with Gasteiger partial charge in [0.2, 0.25) is 0 Å². The van der Waals surface area contributed by atoms with Gasteiger partial charge in [-0.3, -0.25) is 0 Å². The van der Waals surface area contributed by atoms with E-state index in [4.69, 9.17) is 9.47 Å². The summed E-state index contributed by atoms with van der Waals surface area (Å²) in [5.74, 6) is 0.198. The Morgan fingerprint density at radius 1 is 1.12 bits per heavy atom. The van der Waals surface area contributed by atoms with Crippen LogP contribution < -0.4 is 0 Å². The van der Waals surface area contributed by atoms with Gasteiger partial charge in [-0.2, -0.15) is 0 Å². The Balaban J connectivity index is 0.000000170. The van der Waals surface area contributed by atoms with Gasteiger partial charge in [-0.25, -0.2) is 0 Å². The molecule has 4 rings (SSSR count). The largest absolute Gasteiger partial charge is 0.353 e. The predicted molar refractivity (Wildman–Crippen MR) is 109 cm³/mol. The number of methoxy groups -OCH3 is 1. The first kappa shape index (κ1) is 18.9. The molecule has 0 N–H and O–H groups in total. The van der Waals surface area contributed by atoms with Gasteiger partial charge in [0, 0.05) is 13.0 Å². The zero-order chi connectivity index (χ0) is 18.6. The molecule has 0 saturated carbocycles. The molecular formula is C24H30O2. The molecular weight excluding hydrogens is 320 g/mol. The van der Waals surface area contributed by atoms with Crippen LogP contribution in [0.1, 0.15) is 50.3 Å². The van der Waals surface area contributed by atoms with Crippen molar-refractivity contribution in [1.29, 1.82) is 0 Å². The first-order valence-corrected chi connectivity index (χ1v) is 9.61. The van der Waals surface area contributed by atoms with Crippen molar-refractivity contribution in [3.63, 3.8) is 0 Å². The van der Waals surface area contributed by atoms with E-state index in [1.165, 1.54) is 40.7 Å². The molecule has 0 bridgehead atoms. The van der Waals surface area contributed by atoms with Gasteiger partial charge in [0.15, 0.2) is 5.79 Å². The fourth-order valence-corrected chi connectivity index (χ4v) is 3.85. The summed E-state index contributed by atoms with van der Waals surface area (Å²) in [6.45, 7) is 7.09. The first-order valence-electron chi connectivity index (χ1n) is 9.61. The number of allylic oxidation sites excluding steroid dienone is 1. The molecule has 2 heteroatoms. The molecule has 2 aliphatic rings. The molecule has 0 amide bonds. The normalized spacial score (nSPS) is 23.9. The van der Waals surface area contributed by atoms with Gasteiger partial charge in [-0.05, 0) is 60.9 Å². The summed E-state index contributed by atoms with van der Waals surface area (Å²) in [5, 5.41) is 0. The van der Waals surface area contributed by atoms with Crippen LogP contribution in [0.5, 0.6) is 0 Å². The van der Waals surface area contributed by atoms with Crippen LogP contribution >= 0.6 is 0 Å². The maximum Gasteiger partial charge on any atom is 0.167 e. The van der Waals surface area contributed by atoms with Crippen LogP contribution in [0.3, 0.4) is 0 Å². The Labute approximate surface area is 157 Å². The third-order valence-electron chi connectivity index (χ3n) is 5.70. The van der Waals surface area contributed by atoms with Crippen molar-refractivity contribution in [2.24, 2.45) is 5.92 Å². The molecule has 138 valence electrons. The van der Waals surface area contributed by atoms with E-state index in [0.29, 0.717) is 5.92 Å².